The zero-order valence-corrected chi connectivity index (χ0v) is 14.6. The van der Waals surface area contributed by atoms with Gasteiger partial charge in [-0.1, -0.05) is 19.1 Å². The van der Waals surface area contributed by atoms with E-state index in [0.29, 0.717) is 17.9 Å². The number of nitriles is 1. The normalized spacial score (nSPS) is 13.2. The van der Waals surface area contributed by atoms with Gasteiger partial charge in [0.2, 0.25) is 0 Å². The number of likely N-dealkylation sites (N-methyl/N-ethyl adjacent to an activating group) is 1. The summed E-state index contributed by atoms with van der Waals surface area (Å²) >= 11 is 0. The monoisotopic (exact) mass is 340 g/mol. The SMILES string of the molecule is CCN(CC(O)COc1ccc(C#N)cc1)C(C)c1cccc(O)c1. The summed E-state index contributed by atoms with van der Waals surface area (Å²) in [4.78, 5) is 2.13. The Labute approximate surface area is 148 Å². The Morgan fingerprint density at radius 2 is 1.92 bits per heavy atom. The van der Waals surface area contributed by atoms with E-state index in [9.17, 15) is 10.2 Å². The van der Waals surface area contributed by atoms with Crippen LogP contribution in [0, 0.1) is 11.3 Å². The van der Waals surface area contributed by atoms with Crippen LogP contribution in [-0.4, -0.2) is 40.9 Å². The molecule has 0 aliphatic carbocycles. The van der Waals surface area contributed by atoms with Crippen LogP contribution in [0.3, 0.4) is 0 Å². The van der Waals surface area contributed by atoms with E-state index in [2.05, 4.69) is 11.0 Å². The van der Waals surface area contributed by atoms with Crippen molar-refractivity contribution in [3.05, 3.63) is 59.7 Å². The number of aromatic hydroxyl groups is 1. The number of phenols is 1. The molecule has 132 valence electrons. The molecule has 0 spiro atoms. The molecule has 0 saturated carbocycles. The van der Waals surface area contributed by atoms with Crippen molar-refractivity contribution < 1.29 is 14.9 Å². The number of aliphatic hydroxyl groups is 1. The molecule has 0 amide bonds. The van der Waals surface area contributed by atoms with Crippen molar-refractivity contribution in [2.24, 2.45) is 0 Å². The summed E-state index contributed by atoms with van der Waals surface area (Å²) in [5.74, 6) is 0.868. The minimum Gasteiger partial charge on any atom is -0.508 e. The first-order valence-electron chi connectivity index (χ1n) is 8.37. The van der Waals surface area contributed by atoms with Crippen molar-refractivity contribution in [1.29, 1.82) is 5.26 Å². The molecule has 2 unspecified atom stereocenters. The molecule has 5 nitrogen and oxygen atoms in total. The van der Waals surface area contributed by atoms with E-state index in [1.807, 2.05) is 26.0 Å². The fourth-order valence-electron chi connectivity index (χ4n) is 2.70. The van der Waals surface area contributed by atoms with Crippen LogP contribution in [0.5, 0.6) is 11.5 Å². The van der Waals surface area contributed by atoms with Crippen LogP contribution in [0.15, 0.2) is 48.5 Å². The van der Waals surface area contributed by atoms with Gasteiger partial charge in [-0.15, -0.1) is 0 Å². The van der Waals surface area contributed by atoms with Crippen molar-refractivity contribution in [1.82, 2.24) is 4.90 Å². The lowest BCUT2D eigenvalue weighted by Crippen LogP contribution is -2.37. The summed E-state index contributed by atoms with van der Waals surface area (Å²) in [5, 5.41) is 28.7. The Morgan fingerprint density at radius 3 is 2.52 bits per heavy atom. The summed E-state index contributed by atoms with van der Waals surface area (Å²) in [7, 11) is 0. The van der Waals surface area contributed by atoms with Gasteiger partial charge in [0.05, 0.1) is 11.6 Å². The summed E-state index contributed by atoms with van der Waals surface area (Å²) in [5.41, 5.74) is 1.58. The van der Waals surface area contributed by atoms with Gasteiger partial charge in [0.15, 0.2) is 0 Å². The Balaban J connectivity index is 1.90. The third-order valence-corrected chi connectivity index (χ3v) is 4.18. The maximum atomic E-state index is 10.3. The number of aliphatic hydroxyl groups excluding tert-OH is 1. The van der Waals surface area contributed by atoms with Crippen molar-refractivity contribution >= 4 is 0 Å². The zero-order chi connectivity index (χ0) is 18.2. The van der Waals surface area contributed by atoms with Crippen LogP contribution in [0.2, 0.25) is 0 Å². The van der Waals surface area contributed by atoms with E-state index >= 15 is 0 Å². The van der Waals surface area contributed by atoms with Gasteiger partial charge in [0, 0.05) is 12.6 Å². The lowest BCUT2D eigenvalue weighted by molar-refractivity contribution is 0.0568. The minimum atomic E-state index is -0.643. The molecule has 0 aromatic heterocycles. The van der Waals surface area contributed by atoms with Gasteiger partial charge in [-0.3, -0.25) is 4.90 Å². The van der Waals surface area contributed by atoms with Gasteiger partial charge in [-0.25, -0.2) is 0 Å². The number of hydrogen-bond donors (Lipinski definition) is 2. The summed E-state index contributed by atoms with van der Waals surface area (Å²) in [6, 6.07) is 16.1. The van der Waals surface area contributed by atoms with Gasteiger partial charge in [0.25, 0.3) is 0 Å². The quantitative estimate of drug-likeness (QED) is 0.772. The lowest BCUT2D eigenvalue weighted by Gasteiger charge is -2.30. The molecule has 5 heteroatoms. The van der Waals surface area contributed by atoms with E-state index in [4.69, 9.17) is 10.00 Å². The topological polar surface area (TPSA) is 76.7 Å². The first-order valence-corrected chi connectivity index (χ1v) is 8.37. The Kier molecular flexibility index (Phi) is 6.81. The maximum absolute atomic E-state index is 10.3. The Hall–Kier alpha value is -2.55. The average molecular weight is 340 g/mol. The third kappa shape index (κ3) is 5.49. The van der Waals surface area contributed by atoms with Crippen LogP contribution in [0.1, 0.15) is 31.0 Å². The molecule has 0 bridgehead atoms. The molecule has 0 fully saturated rings. The van der Waals surface area contributed by atoms with Crippen LogP contribution in [0.25, 0.3) is 0 Å². The van der Waals surface area contributed by atoms with Crippen molar-refractivity contribution in [3.63, 3.8) is 0 Å². The number of rotatable bonds is 8. The van der Waals surface area contributed by atoms with Gasteiger partial charge >= 0.3 is 0 Å². The molecule has 2 rings (SSSR count). The largest absolute Gasteiger partial charge is 0.508 e. The fourth-order valence-corrected chi connectivity index (χ4v) is 2.70. The summed E-state index contributed by atoms with van der Waals surface area (Å²) in [6.07, 6.45) is -0.643. The van der Waals surface area contributed by atoms with Gasteiger partial charge in [0.1, 0.15) is 24.2 Å². The predicted molar refractivity (Wildman–Crippen MR) is 96.4 cm³/mol. The van der Waals surface area contributed by atoms with Crippen molar-refractivity contribution in [2.45, 2.75) is 26.0 Å². The molecular formula is C20H24N2O3. The summed E-state index contributed by atoms with van der Waals surface area (Å²) < 4.78 is 5.59. The third-order valence-electron chi connectivity index (χ3n) is 4.18. The van der Waals surface area contributed by atoms with E-state index in [1.165, 1.54) is 0 Å². The molecular weight excluding hydrogens is 316 g/mol. The maximum Gasteiger partial charge on any atom is 0.119 e. The van der Waals surface area contributed by atoms with E-state index in [0.717, 1.165) is 12.1 Å². The molecule has 0 aliphatic rings. The van der Waals surface area contributed by atoms with Crippen LogP contribution in [0.4, 0.5) is 0 Å². The fraction of sp³-hybridized carbons (Fsp3) is 0.350. The Bertz CT molecular complexity index is 710. The highest BCUT2D eigenvalue weighted by Gasteiger charge is 2.18. The van der Waals surface area contributed by atoms with E-state index in [-0.39, 0.29) is 18.4 Å². The predicted octanol–water partition coefficient (Wildman–Crippen LogP) is 3.09. The number of hydrogen-bond acceptors (Lipinski definition) is 5. The van der Waals surface area contributed by atoms with E-state index in [1.54, 1.807) is 36.4 Å². The average Bonchev–Trinajstić information content (AvgIpc) is 2.64. The molecule has 0 radical (unpaired) electrons. The van der Waals surface area contributed by atoms with Gasteiger partial charge in [-0.2, -0.15) is 5.26 Å². The minimum absolute atomic E-state index is 0.0710. The number of benzene rings is 2. The number of phenolic OH excluding ortho intramolecular Hbond substituents is 1. The van der Waals surface area contributed by atoms with Gasteiger partial charge < -0.3 is 14.9 Å². The standard InChI is InChI=1S/C20H24N2O3/c1-3-22(15(2)17-5-4-6-18(23)11-17)13-19(24)14-25-20-9-7-16(12-21)8-10-20/h4-11,15,19,23-24H,3,13-14H2,1-2H3. The molecule has 2 aromatic rings. The number of nitrogens with zero attached hydrogens (tertiary/aromatic N) is 2. The molecule has 0 aliphatic heterocycles. The molecule has 2 atom stereocenters. The second-order valence-corrected chi connectivity index (χ2v) is 5.96. The molecule has 2 aromatic carbocycles. The second kappa shape index (κ2) is 9.07. The first-order chi connectivity index (χ1) is 12.0. The number of ether oxygens (including phenoxy) is 1. The summed E-state index contributed by atoms with van der Waals surface area (Å²) in [6.45, 7) is 5.49. The highest BCUT2D eigenvalue weighted by Crippen LogP contribution is 2.23. The van der Waals surface area contributed by atoms with Crippen molar-refractivity contribution in [3.8, 4) is 17.6 Å². The highest BCUT2D eigenvalue weighted by atomic mass is 16.5. The van der Waals surface area contributed by atoms with Gasteiger partial charge in [-0.05, 0) is 55.4 Å². The highest BCUT2D eigenvalue weighted by molar-refractivity contribution is 5.34. The Morgan fingerprint density at radius 1 is 1.20 bits per heavy atom. The molecule has 25 heavy (non-hydrogen) atoms. The zero-order valence-electron chi connectivity index (χ0n) is 14.6. The first kappa shape index (κ1) is 18.8. The van der Waals surface area contributed by atoms with Crippen LogP contribution >= 0.6 is 0 Å². The van der Waals surface area contributed by atoms with Crippen molar-refractivity contribution in [2.75, 3.05) is 19.7 Å². The van der Waals surface area contributed by atoms with E-state index < -0.39 is 6.10 Å². The second-order valence-electron chi connectivity index (χ2n) is 5.96. The van der Waals surface area contributed by atoms with Crippen LogP contribution < -0.4 is 4.74 Å². The molecule has 0 heterocycles. The molecule has 0 saturated heterocycles. The van der Waals surface area contributed by atoms with Crippen LogP contribution in [-0.2, 0) is 0 Å². The lowest BCUT2D eigenvalue weighted by atomic mass is 10.1. The molecule has 2 N–H and O–H groups in total. The smallest absolute Gasteiger partial charge is 0.119 e.